The van der Waals surface area contributed by atoms with Crippen molar-refractivity contribution in [1.29, 1.82) is 0 Å². The minimum absolute atomic E-state index is 0.0809. The molecule has 2 atom stereocenters. The van der Waals surface area contributed by atoms with Crippen molar-refractivity contribution in [3.8, 4) is 0 Å². The Morgan fingerprint density at radius 2 is 2.21 bits per heavy atom. The lowest BCUT2D eigenvalue weighted by atomic mass is 10.1. The quantitative estimate of drug-likeness (QED) is 0.868. The Morgan fingerprint density at radius 1 is 1.42 bits per heavy atom. The summed E-state index contributed by atoms with van der Waals surface area (Å²) in [7, 11) is 0. The number of nitrogens with one attached hydrogen (secondary N) is 1. The zero-order chi connectivity index (χ0) is 13.8. The van der Waals surface area contributed by atoms with Crippen molar-refractivity contribution in [3.63, 3.8) is 0 Å². The van der Waals surface area contributed by atoms with Crippen LogP contribution >= 0.6 is 0 Å². The van der Waals surface area contributed by atoms with Crippen LogP contribution in [0.3, 0.4) is 0 Å². The van der Waals surface area contributed by atoms with Gasteiger partial charge in [-0.05, 0) is 50.4 Å². The Bertz CT molecular complexity index is 419. The third-order valence-electron chi connectivity index (χ3n) is 4.14. The van der Waals surface area contributed by atoms with Crippen LogP contribution in [0.1, 0.15) is 51.6 Å². The van der Waals surface area contributed by atoms with Crippen molar-refractivity contribution in [3.05, 3.63) is 29.6 Å². The molecule has 0 radical (unpaired) electrons. The SMILES string of the molecule is CCNC(C)c1ccc(N2CCCC2CC)c(F)c1. The van der Waals surface area contributed by atoms with E-state index < -0.39 is 0 Å². The smallest absolute Gasteiger partial charge is 0.146 e. The zero-order valence-electron chi connectivity index (χ0n) is 12.2. The second-order valence-corrected chi connectivity index (χ2v) is 5.39. The predicted octanol–water partition coefficient (Wildman–Crippen LogP) is 3.88. The summed E-state index contributed by atoms with van der Waals surface area (Å²) in [6.07, 6.45) is 3.45. The molecule has 0 saturated carbocycles. The van der Waals surface area contributed by atoms with E-state index in [0.29, 0.717) is 6.04 Å². The molecule has 1 fully saturated rings. The van der Waals surface area contributed by atoms with Gasteiger partial charge in [-0.25, -0.2) is 4.39 Å². The molecule has 0 spiro atoms. The van der Waals surface area contributed by atoms with Crippen LogP contribution in [0.5, 0.6) is 0 Å². The van der Waals surface area contributed by atoms with Crippen LogP contribution in [0.15, 0.2) is 18.2 Å². The third-order valence-corrected chi connectivity index (χ3v) is 4.14. The number of rotatable bonds is 5. The highest BCUT2D eigenvalue weighted by Gasteiger charge is 2.25. The van der Waals surface area contributed by atoms with Crippen LogP contribution in [0.2, 0.25) is 0 Å². The van der Waals surface area contributed by atoms with Crippen molar-refractivity contribution in [1.82, 2.24) is 5.32 Å². The molecule has 2 unspecified atom stereocenters. The molecule has 0 aliphatic carbocycles. The second-order valence-electron chi connectivity index (χ2n) is 5.39. The van der Waals surface area contributed by atoms with Gasteiger partial charge in [0.25, 0.3) is 0 Å². The summed E-state index contributed by atoms with van der Waals surface area (Å²) in [5.41, 5.74) is 1.80. The molecule has 1 N–H and O–H groups in total. The van der Waals surface area contributed by atoms with E-state index in [1.807, 2.05) is 6.07 Å². The summed E-state index contributed by atoms with van der Waals surface area (Å²) in [5, 5.41) is 3.32. The van der Waals surface area contributed by atoms with Gasteiger partial charge in [0.2, 0.25) is 0 Å². The van der Waals surface area contributed by atoms with Crippen LogP contribution < -0.4 is 10.2 Å². The molecule has 3 heteroatoms. The Hall–Kier alpha value is -1.09. The molecule has 1 heterocycles. The van der Waals surface area contributed by atoms with Crippen LogP contribution in [0.25, 0.3) is 0 Å². The van der Waals surface area contributed by atoms with Crippen molar-refractivity contribution in [2.75, 3.05) is 18.0 Å². The lowest BCUT2D eigenvalue weighted by Crippen LogP contribution is -2.29. The highest BCUT2D eigenvalue weighted by atomic mass is 19.1. The molecule has 0 aromatic heterocycles. The Kier molecular flexibility index (Phi) is 4.81. The van der Waals surface area contributed by atoms with Crippen molar-refractivity contribution < 1.29 is 4.39 Å². The Morgan fingerprint density at radius 3 is 2.84 bits per heavy atom. The van der Waals surface area contributed by atoms with Crippen LogP contribution in [0.4, 0.5) is 10.1 Å². The lowest BCUT2D eigenvalue weighted by Gasteiger charge is -2.27. The molecule has 2 nitrogen and oxygen atoms in total. The normalized spacial score (nSPS) is 20.8. The first-order valence-electron chi connectivity index (χ1n) is 7.46. The van der Waals surface area contributed by atoms with Crippen LogP contribution in [-0.4, -0.2) is 19.1 Å². The fourth-order valence-electron chi connectivity index (χ4n) is 3.03. The van der Waals surface area contributed by atoms with Gasteiger partial charge in [0, 0.05) is 18.6 Å². The summed E-state index contributed by atoms with van der Waals surface area (Å²) < 4.78 is 14.3. The molecule has 1 aliphatic rings. The van der Waals surface area contributed by atoms with Gasteiger partial charge in [-0.2, -0.15) is 0 Å². The fraction of sp³-hybridized carbons (Fsp3) is 0.625. The van der Waals surface area contributed by atoms with Crippen molar-refractivity contribution in [2.45, 2.75) is 52.1 Å². The van der Waals surface area contributed by atoms with E-state index in [4.69, 9.17) is 0 Å². The summed E-state index contributed by atoms with van der Waals surface area (Å²) in [5.74, 6) is -0.0809. The van der Waals surface area contributed by atoms with E-state index in [1.54, 1.807) is 6.07 Å². The van der Waals surface area contributed by atoms with Gasteiger partial charge in [-0.15, -0.1) is 0 Å². The van der Waals surface area contributed by atoms with Gasteiger partial charge >= 0.3 is 0 Å². The molecule has 1 aromatic carbocycles. The van der Waals surface area contributed by atoms with E-state index >= 15 is 0 Å². The standard InChI is InChI=1S/C16H25FN2/c1-4-14-7-6-10-19(14)16-9-8-13(11-15(16)17)12(3)18-5-2/h8-9,11-12,14,18H,4-7,10H2,1-3H3. The summed E-state index contributed by atoms with van der Waals surface area (Å²) in [6.45, 7) is 8.20. The molecule has 2 rings (SSSR count). The van der Waals surface area contributed by atoms with E-state index in [1.165, 1.54) is 12.8 Å². The maximum atomic E-state index is 14.3. The minimum Gasteiger partial charge on any atom is -0.366 e. The number of anilines is 1. The number of benzene rings is 1. The average Bonchev–Trinajstić information content (AvgIpc) is 2.87. The molecule has 0 amide bonds. The van der Waals surface area contributed by atoms with E-state index in [9.17, 15) is 4.39 Å². The van der Waals surface area contributed by atoms with Crippen LogP contribution in [0, 0.1) is 5.82 Å². The van der Waals surface area contributed by atoms with Gasteiger partial charge in [0.05, 0.1) is 5.69 Å². The summed E-state index contributed by atoms with van der Waals surface area (Å²) in [6, 6.07) is 6.40. The number of hydrogen-bond acceptors (Lipinski definition) is 2. The lowest BCUT2D eigenvalue weighted by molar-refractivity contribution is 0.574. The first-order chi connectivity index (χ1) is 9.17. The highest BCUT2D eigenvalue weighted by Crippen LogP contribution is 2.30. The number of hydrogen-bond donors (Lipinski definition) is 1. The highest BCUT2D eigenvalue weighted by molar-refractivity contribution is 5.51. The van der Waals surface area contributed by atoms with Gasteiger partial charge < -0.3 is 10.2 Å². The topological polar surface area (TPSA) is 15.3 Å². The predicted molar refractivity (Wildman–Crippen MR) is 79.2 cm³/mol. The zero-order valence-corrected chi connectivity index (χ0v) is 12.2. The Labute approximate surface area is 116 Å². The van der Waals surface area contributed by atoms with E-state index in [0.717, 1.165) is 30.8 Å². The van der Waals surface area contributed by atoms with Gasteiger partial charge in [-0.1, -0.05) is 19.9 Å². The van der Waals surface area contributed by atoms with Gasteiger partial charge in [0.1, 0.15) is 5.82 Å². The Balaban J connectivity index is 2.19. The van der Waals surface area contributed by atoms with Crippen molar-refractivity contribution >= 4 is 5.69 Å². The first kappa shape index (κ1) is 14.3. The minimum atomic E-state index is -0.0809. The van der Waals surface area contributed by atoms with E-state index in [2.05, 4.69) is 37.1 Å². The van der Waals surface area contributed by atoms with Gasteiger partial charge in [0.15, 0.2) is 0 Å². The maximum absolute atomic E-state index is 14.3. The maximum Gasteiger partial charge on any atom is 0.146 e. The van der Waals surface area contributed by atoms with Crippen LogP contribution in [-0.2, 0) is 0 Å². The fourth-order valence-corrected chi connectivity index (χ4v) is 3.03. The number of halogens is 1. The molecular formula is C16H25FN2. The molecule has 1 aromatic rings. The van der Waals surface area contributed by atoms with Gasteiger partial charge in [-0.3, -0.25) is 0 Å². The second kappa shape index (κ2) is 6.38. The number of nitrogens with zero attached hydrogens (tertiary/aromatic N) is 1. The largest absolute Gasteiger partial charge is 0.366 e. The third kappa shape index (κ3) is 3.08. The average molecular weight is 264 g/mol. The molecule has 1 saturated heterocycles. The molecule has 1 aliphatic heterocycles. The van der Waals surface area contributed by atoms with Crippen molar-refractivity contribution in [2.24, 2.45) is 0 Å². The summed E-state index contributed by atoms with van der Waals surface area (Å²) >= 11 is 0. The molecule has 19 heavy (non-hydrogen) atoms. The summed E-state index contributed by atoms with van der Waals surface area (Å²) in [4.78, 5) is 2.23. The first-order valence-corrected chi connectivity index (χ1v) is 7.46. The monoisotopic (exact) mass is 264 g/mol. The molecule has 0 bridgehead atoms. The van der Waals surface area contributed by atoms with E-state index in [-0.39, 0.29) is 11.9 Å². The molecular weight excluding hydrogens is 239 g/mol. The molecule has 106 valence electrons.